The minimum Gasteiger partial charge on any atom is -0.457 e. The first-order valence-electron chi connectivity index (χ1n) is 13.4. The normalized spacial score (nSPS) is 12.5. The van der Waals surface area contributed by atoms with Crippen LogP contribution in [0.1, 0.15) is 29.2 Å². The maximum atomic E-state index is 13.9. The van der Waals surface area contributed by atoms with E-state index in [-0.39, 0.29) is 25.3 Å². The number of benzene rings is 4. The van der Waals surface area contributed by atoms with Crippen molar-refractivity contribution in [2.45, 2.75) is 44.9 Å². The second-order valence-corrected chi connectivity index (χ2v) is 9.73. The van der Waals surface area contributed by atoms with Crippen LogP contribution < -0.4 is 15.4 Å². The van der Waals surface area contributed by atoms with Gasteiger partial charge in [0.1, 0.15) is 23.1 Å². The summed E-state index contributed by atoms with van der Waals surface area (Å²) in [7, 11) is 0. The predicted molar refractivity (Wildman–Crippen MR) is 152 cm³/mol. The van der Waals surface area contributed by atoms with Gasteiger partial charge in [-0.3, -0.25) is 4.79 Å². The molecule has 208 valence electrons. The van der Waals surface area contributed by atoms with E-state index in [4.69, 9.17) is 4.74 Å². The molecule has 0 bridgehead atoms. The van der Waals surface area contributed by atoms with Crippen LogP contribution in [0.2, 0.25) is 0 Å². The molecule has 4 aromatic carbocycles. The summed E-state index contributed by atoms with van der Waals surface area (Å²) in [5, 5.41) is 17.2. The van der Waals surface area contributed by atoms with Gasteiger partial charge in [-0.15, -0.1) is 0 Å². The average molecular weight is 545 g/mol. The van der Waals surface area contributed by atoms with Crippen LogP contribution in [0.5, 0.6) is 11.5 Å². The highest BCUT2D eigenvalue weighted by Crippen LogP contribution is 2.25. The van der Waals surface area contributed by atoms with Crippen molar-refractivity contribution >= 4 is 5.91 Å². The van der Waals surface area contributed by atoms with E-state index >= 15 is 0 Å². The SMILES string of the molecule is CCc1cccc(CNC[C@@H](O)[C@H](Cc2cc(F)cc(F)c2)NC(=O)Cc2ccccc2Oc2ccccc2)c1. The van der Waals surface area contributed by atoms with E-state index in [1.165, 1.54) is 17.7 Å². The lowest BCUT2D eigenvalue weighted by Crippen LogP contribution is -2.49. The Kier molecular flexibility index (Phi) is 10.4. The molecule has 0 aliphatic rings. The number of carbonyl (C=O) groups excluding carboxylic acids is 1. The molecule has 0 radical (unpaired) electrons. The number of carbonyl (C=O) groups is 1. The van der Waals surface area contributed by atoms with Gasteiger partial charge in [0.05, 0.1) is 18.6 Å². The Hall–Kier alpha value is -4.07. The summed E-state index contributed by atoms with van der Waals surface area (Å²) < 4.78 is 33.8. The van der Waals surface area contributed by atoms with Gasteiger partial charge in [0.25, 0.3) is 0 Å². The molecule has 4 aromatic rings. The second kappa shape index (κ2) is 14.4. The Morgan fingerprint density at radius 3 is 2.30 bits per heavy atom. The number of para-hydroxylation sites is 2. The van der Waals surface area contributed by atoms with Crippen LogP contribution in [-0.4, -0.2) is 29.7 Å². The number of hydrogen-bond donors (Lipinski definition) is 3. The van der Waals surface area contributed by atoms with Crippen LogP contribution in [0.25, 0.3) is 0 Å². The number of nitrogens with one attached hydrogen (secondary N) is 2. The molecule has 0 unspecified atom stereocenters. The zero-order valence-corrected chi connectivity index (χ0v) is 22.4. The van der Waals surface area contributed by atoms with E-state index in [1.54, 1.807) is 12.1 Å². The molecule has 5 nitrogen and oxygen atoms in total. The van der Waals surface area contributed by atoms with Gasteiger partial charge in [-0.2, -0.15) is 0 Å². The van der Waals surface area contributed by atoms with Crippen LogP contribution in [0, 0.1) is 11.6 Å². The topological polar surface area (TPSA) is 70.6 Å². The molecule has 1 amide bonds. The molecule has 0 spiro atoms. The fourth-order valence-corrected chi connectivity index (χ4v) is 4.53. The summed E-state index contributed by atoms with van der Waals surface area (Å²) >= 11 is 0. The van der Waals surface area contributed by atoms with Crippen LogP contribution in [0.4, 0.5) is 8.78 Å². The number of aliphatic hydroxyl groups is 1. The molecule has 0 fully saturated rings. The monoisotopic (exact) mass is 544 g/mol. The number of amides is 1. The van der Waals surface area contributed by atoms with Gasteiger partial charge in [0, 0.05) is 24.7 Å². The van der Waals surface area contributed by atoms with E-state index in [9.17, 15) is 18.7 Å². The third kappa shape index (κ3) is 8.73. The number of hydrogen-bond acceptors (Lipinski definition) is 4. The van der Waals surface area contributed by atoms with Crippen molar-refractivity contribution in [3.05, 3.63) is 131 Å². The minimum absolute atomic E-state index is 0.000970. The van der Waals surface area contributed by atoms with Gasteiger partial charge >= 0.3 is 0 Å². The third-order valence-corrected chi connectivity index (χ3v) is 6.57. The molecule has 0 saturated carbocycles. The van der Waals surface area contributed by atoms with Crippen molar-refractivity contribution in [3.63, 3.8) is 0 Å². The van der Waals surface area contributed by atoms with Gasteiger partial charge in [-0.1, -0.05) is 67.6 Å². The summed E-state index contributed by atoms with van der Waals surface area (Å²) in [4.78, 5) is 13.2. The lowest BCUT2D eigenvalue weighted by molar-refractivity contribution is -0.122. The highest BCUT2D eigenvalue weighted by Gasteiger charge is 2.23. The van der Waals surface area contributed by atoms with E-state index in [1.807, 2.05) is 54.6 Å². The van der Waals surface area contributed by atoms with Crippen LogP contribution >= 0.6 is 0 Å². The molecule has 0 aliphatic heterocycles. The van der Waals surface area contributed by atoms with Crippen LogP contribution in [0.3, 0.4) is 0 Å². The van der Waals surface area contributed by atoms with Crippen molar-refractivity contribution in [3.8, 4) is 11.5 Å². The number of rotatable bonds is 13. The smallest absolute Gasteiger partial charge is 0.224 e. The molecule has 0 heterocycles. The Labute approximate surface area is 233 Å². The first-order chi connectivity index (χ1) is 19.4. The molecular formula is C33H34F2N2O3. The highest BCUT2D eigenvalue weighted by molar-refractivity contribution is 5.79. The highest BCUT2D eigenvalue weighted by atomic mass is 19.1. The molecule has 0 aliphatic carbocycles. The van der Waals surface area contributed by atoms with Crippen molar-refractivity contribution in [1.29, 1.82) is 0 Å². The van der Waals surface area contributed by atoms with E-state index in [0.29, 0.717) is 29.2 Å². The fraction of sp³-hybridized carbons (Fsp3) is 0.242. The summed E-state index contributed by atoms with van der Waals surface area (Å²) in [6, 6.07) is 27.1. The summed E-state index contributed by atoms with van der Waals surface area (Å²) in [6.07, 6.45) is -0.0353. The van der Waals surface area contributed by atoms with Crippen molar-refractivity contribution < 1.29 is 23.4 Å². The molecular weight excluding hydrogens is 510 g/mol. The van der Waals surface area contributed by atoms with Crippen LogP contribution in [-0.2, 0) is 30.6 Å². The van der Waals surface area contributed by atoms with E-state index in [2.05, 4.69) is 29.7 Å². The van der Waals surface area contributed by atoms with E-state index < -0.39 is 23.8 Å². The Balaban J connectivity index is 1.44. The Bertz CT molecular complexity index is 1380. The van der Waals surface area contributed by atoms with Gasteiger partial charge in [0.15, 0.2) is 0 Å². The quantitative estimate of drug-likeness (QED) is 0.201. The van der Waals surface area contributed by atoms with Gasteiger partial charge in [0.2, 0.25) is 5.91 Å². The lowest BCUT2D eigenvalue weighted by Gasteiger charge is -2.25. The zero-order valence-electron chi connectivity index (χ0n) is 22.4. The lowest BCUT2D eigenvalue weighted by atomic mass is 10.00. The van der Waals surface area contributed by atoms with Gasteiger partial charge < -0.3 is 20.5 Å². The molecule has 40 heavy (non-hydrogen) atoms. The molecule has 4 rings (SSSR count). The van der Waals surface area contributed by atoms with Crippen LogP contribution in [0.15, 0.2) is 97.1 Å². The molecule has 7 heteroatoms. The van der Waals surface area contributed by atoms with Crippen molar-refractivity contribution in [1.82, 2.24) is 10.6 Å². The Morgan fingerprint density at radius 1 is 0.850 bits per heavy atom. The summed E-state index contributed by atoms with van der Waals surface area (Å²) in [5.74, 6) is -0.580. The van der Waals surface area contributed by atoms with E-state index in [0.717, 1.165) is 18.1 Å². The summed E-state index contributed by atoms with van der Waals surface area (Å²) in [5.41, 5.74) is 3.30. The number of aryl methyl sites for hydroxylation is 1. The van der Waals surface area contributed by atoms with Gasteiger partial charge in [-0.05, 0) is 59.9 Å². The second-order valence-electron chi connectivity index (χ2n) is 9.73. The standard InChI is InChI=1S/C33H34F2N2O3/c1-2-23-9-8-10-24(15-23)21-36-22-31(38)30(18-25-16-27(34)20-28(35)17-25)37-33(39)19-26-11-6-7-14-32(26)40-29-12-4-3-5-13-29/h3-17,20,30-31,36,38H,2,18-19,21-22H2,1H3,(H,37,39)/t30-,31+/m0/s1. The number of aliphatic hydroxyl groups excluding tert-OH is 1. The molecule has 0 saturated heterocycles. The molecule has 2 atom stereocenters. The first kappa shape index (κ1) is 28.9. The number of halogens is 2. The summed E-state index contributed by atoms with van der Waals surface area (Å²) in [6.45, 7) is 2.79. The maximum absolute atomic E-state index is 13.9. The zero-order chi connectivity index (χ0) is 28.3. The van der Waals surface area contributed by atoms with Crippen molar-refractivity contribution in [2.75, 3.05) is 6.54 Å². The maximum Gasteiger partial charge on any atom is 0.224 e. The van der Waals surface area contributed by atoms with Crippen molar-refractivity contribution in [2.24, 2.45) is 0 Å². The average Bonchev–Trinajstić information content (AvgIpc) is 2.94. The fourth-order valence-electron chi connectivity index (χ4n) is 4.53. The Morgan fingerprint density at radius 2 is 1.55 bits per heavy atom. The number of ether oxygens (including phenoxy) is 1. The third-order valence-electron chi connectivity index (χ3n) is 6.57. The first-order valence-corrected chi connectivity index (χ1v) is 13.4. The van der Waals surface area contributed by atoms with Gasteiger partial charge in [-0.25, -0.2) is 8.78 Å². The predicted octanol–water partition coefficient (Wildman–Crippen LogP) is 5.74. The largest absolute Gasteiger partial charge is 0.457 e. The molecule has 0 aromatic heterocycles. The molecule has 3 N–H and O–H groups in total. The minimum atomic E-state index is -1.01.